The molecule has 0 amide bonds. The van der Waals surface area contributed by atoms with Gasteiger partial charge in [0.25, 0.3) is 0 Å². The van der Waals surface area contributed by atoms with Gasteiger partial charge in [0.05, 0.1) is 0 Å². The van der Waals surface area contributed by atoms with E-state index in [4.69, 9.17) is 11.6 Å². The minimum atomic E-state index is 0.182. The second-order valence-corrected chi connectivity index (χ2v) is 6.21. The normalized spacial score (nSPS) is 20.4. The molecule has 1 aliphatic rings. The quantitative estimate of drug-likeness (QED) is 0.824. The summed E-state index contributed by atoms with van der Waals surface area (Å²) < 4.78 is 0. The van der Waals surface area contributed by atoms with Crippen LogP contribution in [0.15, 0.2) is 30.3 Å². The number of benzene rings is 1. The molecule has 0 unspecified atom stereocenters. The largest absolute Gasteiger partial charge is 0.370 e. The number of rotatable bonds is 5. The molecule has 1 heterocycles. The first-order chi connectivity index (χ1) is 8.61. The Hall–Kier alpha value is -0.730. The lowest BCUT2D eigenvalue weighted by atomic mass is 9.96. The third-order valence-electron chi connectivity index (χ3n) is 3.54. The molecule has 1 aliphatic heterocycles. The van der Waals surface area contributed by atoms with Crippen molar-refractivity contribution in [2.45, 2.75) is 26.3 Å². The maximum atomic E-state index is 5.95. The molecule has 2 rings (SSSR count). The average molecular weight is 267 g/mol. The summed E-state index contributed by atoms with van der Waals surface area (Å²) in [5.74, 6) is 0.703. The summed E-state index contributed by atoms with van der Waals surface area (Å²) in [5, 5.41) is 3.65. The molecule has 18 heavy (non-hydrogen) atoms. The monoisotopic (exact) mass is 266 g/mol. The summed E-state index contributed by atoms with van der Waals surface area (Å²) in [5.41, 5.74) is 1.51. The van der Waals surface area contributed by atoms with Crippen molar-refractivity contribution in [3.8, 4) is 0 Å². The van der Waals surface area contributed by atoms with E-state index in [1.807, 2.05) is 0 Å². The topological polar surface area (TPSA) is 15.3 Å². The zero-order chi connectivity index (χ0) is 13.0. The Morgan fingerprint density at radius 2 is 2.06 bits per heavy atom. The lowest BCUT2D eigenvalue weighted by molar-refractivity contribution is 0.362. The van der Waals surface area contributed by atoms with E-state index < -0.39 is 0 Å². The van der Waals surface area contributed by atoms with Crippen molar-refractivity contribution < 1.29 is 0 Å². The van der Waals surface area contributed by atoms with E-state index in [1.54, 1.807) is 0 Å². The smallest absolute Gasteiger partial charge is 0.0366 e. The third kappa shape index (κ3) is 3.63. The molecule has 2 nitrogen and oxygen atoms in total. The fourth-order valence-corrected chi connectivity index (χ4v) is 2.36. The molecule has 0 aromatic heterocycles. The molecule has 0 bridgehead atoms. The van der Waals surface area contributed by atoms with Crippen molar-refractivity contribution in [3.05, 3.63) is 30.3 Å². The molecule has 3 heteroatoms. The van der Waals surface area contributed by atoms with E-state index in [0.717, 1.165) is 19.6 Å². The van der Waals surface area contributed by atoms with Crippen LogP contribution in [0.5, 0.6) is 0 Å². The van der Waals surface area contributed by atoms with Crippen LogP contribution in [-0.2, 0) is 0 Å². The van der Waals surface area contributed by atoms with E-state index >= 15 is 0 Å². The molecule has 1 saturated heterocycles. The number of nitrogens with one attached hydrogen (secondary N) is 1. The van der Waals surface area contributed by atoms with E-state index in [9.17, 15) is 0 Å². The van der Waals surface area contributed by atoms with Gasteiger partial charge < -0.3 is 10.2 Å². The van der Waals surface area contributed by atoms with Crippen LogP contribution >= 0.6 is 11.6 Å². The second kappa shape index (κ2) is 5.94. The SMILES string of the molecule is CC(C)(CCl)CN[C@H]1CCN(c2ccccc2)C1. The van der Waals surface area contributed by atoms with Crippen molar-refractivity contribution in [2.75, 3.05) is 30.4 Å². The number of hydrogen-bond acceptors (Lipinski definition) is 2. The van der Waals surface area contributed by atoms with Crippen LogP contribution in [0.25, 0.3) is 0 Å². The number of anilines is 1. The van der Waals surface area contributed by atoms with Crippen LogP contribution < -0.4 is 10.2 Å². The Morgan fingerprint density at radius 1 is 1.33 bits per heavy atom. The predicted octanol–water partition coefficient (Wildman–Crippen LogP) is 3.12. The zero-order valence-corrected chi connectivity index (χ0v) is 12.1. The zero-order valence-electron chi connectivity index (χ0n) is 11.3. The van der Waals surface area contributed by atoms with Crippen LogP contribution in [0.1, 0.15) is 20.3 Å². The van der Waals surface area contributed by atoms with Crippen LogP contribution in [0, 0.1) is 5.41 Å². The van der Waals surface area contributed by atoms with Crippen molar-refractivity contribution in [1.29, 1.82) is 0 Å². The van der Waals surface area contributed by atoms with Crippen molar-refractivity contribution in [1.82, 2.24) is 5.32 Å². The fraction of sp³-hybridized carbons (Fsp3) is 0.600. The third-order valence-corrected chi connectivity index (χ3v) is 4.26. The van der Waals surface area contributed by atoms with Crippen LogP contribution in [0.2, 0.25) is 0 Å². The maximum absolute atomic E-state index is 5.95. The highest BCUT2D eigenvalue weighted by molar-refractivity contribution is 6.18. The van der Waals surface area contributed by atoms with Gasteiger partial charge in [-0.05, 0) is 24.0 Å². The fourth-order valence-electron chi connectivity index (χ4n) is 2.27. The summed E-state index contributed by atoms with van der Waals surface area (Å²) in [6.45, 7) is 7.64. The summed E-state index contributed by atoms with van der Waals surface area (Å²) in [7, 11) is 0. The number of halogens is 1. The van der Waals surface area contributed by atoms with Gasteiger partial charge in [-0.3, -0.25) is 0 Å². The molecule has 0 aliphatic carbocycles. The first-order valence-corrected chi connectivity index (χ1v) is 7.23. The van der Waals surface area contributed by atoms with Gasteiger partial charge in [0.1, 0.15) is 0 Å². The average Bonchev–Trinajstić information content (AvgIpc) is 2.86. The highest BCUT2D eigenvalue weighted by Gasteiger charge is 2.24. The molecule has 1 fully saturated rings. The van der Waals surface area contributed by atoms with Gasteiger partial charge in [-0.15, -0.1) is 11.6 Å². The Balaban J connectivity index is 1.82. The number of para-hydroxylation sites is 1. The summed E-state index contributed by atoms with van der Waals surface area (Å²) in [4.78, 5) is 2.45. The molecule has 0 spiro atoms. The molecule has 0 radical (unpaired) electrons. The molecular weight excluding hydrogens is 244 g/mol. The Labute approximate surface area is 115 Å². The lowest BCUT2D eigenvalue weighted by Gasteiger charge is -2.25. The molecule has 1 N–H and O–H groups in total. The number of nitrogens with zero attached hydrogens (tertiary/aromatic N) is 1. The van der Waals surface area contributed by atoms with E-state index in [0.29, 0.717) is 11.9 Å². The highest BCUT2D eigenvalue weighted by atomic mass is 35.5. The number of hydrogen-bond donors (Lipinski definition) is 1. The lowest BCUT2D eigenvalue weighted by Crippen LogP contribution is -2.39. The first kappa shape index (κ1) is 13.7. The highest BCUT2D eigenvalue weighted by Crippen LogP contribution is 2.21. The van der Waals surface area contributed by atoms with Gasteiger partial charge in [-0.1, -0.05) is 32.0 Å². The number of alkyl halides is 1. The van der Waals surface area contributed by atoms with E-state index in [1.165, 1.54) is 12.1 Å². The summed E-state index contributed by atoms with van der Waals surface area (Å²) >= 11 is 5.95. The van der Waals surface area contributed by atoms with Crippen molar-refractivity contribution in [2.24, 2.45) is 5.41 Å². The van der Waals surface area contributed by atoms with E-state index in [2.05, 4.69) is 54.4 Å². The molecule has 100 valence electrons. The summed E-state index contributed by atoms with van der Waals surface area (Å²) in [6, 6.07) is 11.2. The minimum absolute atomic E-state index is 0.182. The van der Waals surface area contributed by atoms with Gasteiger partial charge in [0.2, 0.25) is 0 Å². The van der Waals surface area contributed by atoms with Crippen LogP contribution in [0.3, 0.4) is 0 Å². The molecule has 1 aromatic carbocycles. The second-order valence-electron chi connectivity index (χ2n) is 5.95. The van der Waals surface area contributed by atoms with Crippen LogP contribution in [-0.4, -0.2) is 31.6 Å². The molecular formula is C15H23ClN2. The molecule has 0 saturated carbocycles. The van der Waals surface area contributed by atoms with Gasteiger partial charge in [-0.2, -0.15) is 0 Å². The first-order valence-electron chi connectivity index (χ1n) is 6.70. The summed E-state index contributed by atoms with van der Waals surface area (Å²) in [6.07, 6.45) is 1.22. The Morgan fingerprint density at radius 3 is 2.72 bits per heavy atom. The minimum Gasteiger partial charge on any atom is -0.370 e. The predicted molar refractivity (Wildman–Crippen MR) is 79.6 cm³/mol. The Bertz CT molecular complexity index is 364. The van der Waals surface area contributed by atoms with Gasteiger partial charge in [0.15, 0.2) is 0 Å². The van der Waals surface area contributed by atoms with E-state index in [-0.39, 0.29) is 5.41 Å². The molecule has 1 aromatic rings. The van der Waals surface area contributed by atoms with Gasteiger partial charge in [0, 0.05) is 37.2 Å². The standard InChI is InChI=1S/C15H23ClN2/c1-15(2,11-16)12-17-13-8-9-18(10-13)14-6-4-3-5-7-14/h3-7,13,17H,8-12H2,1-2H3/t13-/m0/s1. The molecule has 1 atom stereocenters. The van der Waals surface area contributed by atoms with Gasteiger partial charge in [-0.25, -0.2) is 0 Å². The van der Waals surface area contributed by atoms with Crippen molar-refractivity contribution in [3.63, 3.8) is 0 Å². The Kier molecular flexibility index (Phi) is 4.52. The maximum Gasteiger partial charge on any atom is 0.0366 e. The van der Waals surface area contributed by atoms with Gasteiger partial charge >= 0.3 is 0 Å². The van der Waals surface area contributed by atoms with Crippen molar-refractivity contribution >= 4 is 17.3 Å². The van der Waals surface area contributed by atoms with Crippen LogP contribution in [0.4, 0.5) is 5.69 Å².